The molecule has 0 aromatic rings. The predicted octanol–water partition coefficient (Wildman–Crippen LogP) is 2.74. The summed E-state index contributed by atoms with van der Waals surface area (Å²) in [5.74, 6) is -1.88. The molecule has 9 heteroatoms. The second kappa shape index (κ2) is 10.2. The summed E-state index contributed by atoms with van der Waals surface area (Å²) in [6, 6.07) is -1.81. The van der Waals surface area contributed by atoms with Gasteiger partial charge >= 0.3 is 17.9 Å². The van der Waals surface area contributed by atoms with Crippen molar-refractivity contribution in [3.8, 4) is 0 Å². The van der Waals surface area contributed by atoms with Crippen molar-refractivity contribution in [3.05, 3.63) is 0 Å². The Bertz CT molecular complexity index is 789. The topological polar surface area (TPSA) is 111 Å². The van der Waals surface area contributed by atoms with Crippen molar-refractivity contribution in [1.82, 2.24) is 10.2 Å². The van der Waals surface area contributed by atoms with E-state index in [2.05, 4.69) is 5.32 Å². The molecule has 0 aromatic carbocycles. The fraction of sp³-hybridized carbons (Fsp3) is 0.840. The summed E-state index contributed by atoms with van der Waals surface area (Å²) in [5, 5.41) is 3.15. The minimum absolute atomic E-state index is 0.122. The van der Waals surface area contributed by atoms with Crippen molar-refractivity contribution in [2.75, 3.05) is 6.54 Å². The number of ether oxygens (including phenoxy) is 3. The Kier molecular flexibility index (Phi) is 8.44. The fourth-order valence-electron chi connectivity index (χ4n) is 4.44. The van der Waals surface area contributed by atoms with Crippen LogP contribution in [0.1, 0.15) is 88.0 Å². The Morgan fingerprint density at radius 1 is 0.882 bits per heavy atom. The number of nitrogens with one attached hydrogen (secondary N) is 1. The highest BCUT2D eigenvalue weighted by molar-refractivity contribution is 5.92. The zero-order valence-corrected chi connectivity index (χ0v) is 22.1. The van der Waals surface area contributed by atoms with Gasteiger partial charge in [-0.15, -0.1) is 0 Å². The van der Waals surface area contributed by atoms with Crippen LogP contribution in [0, 0.1) is 5.92 Å². The second-order valence-electron chi connectivity index (χ2n) is 12.2. The minimum Gasteiger partial charge on any atom is -0.460 e. The molecule has 0 aliphatic carbocycles. The third kappa shape index (κ3) is 8.25. The van der Waals surface area contributed by atoms with Gasteiger partial charge in [0.2, 0.25) is 5.91 Å². The van der Waals surface area contributed by atoms with Crippen molar-refractivity contribution in [1.29, 1.82) is 0 Å². The lowest BCUT2D eigenvalue weighted by atomic mass is 9.93. The molecule has 0 unspecified atom stereocenters. The molecule has 2 rings (SSSR count). The molecule has 34 heavy (non-hydrogen) atoms. The van der Waals surface area contributed by atoms with Crippen LogP contribution in [0.15, 0.2) is 0 Å². The first kappa shape index (κ1) is 28.1. The van der Waals surface area contributed by atoms with E-state index in [1.165, 1.54) is 0 Å². The van der Waals surface area contributed by atoms with Gasteiger partial charge in [0.15, 0.2) is 0 Å². The van der Waals surface area contributed by atoms with Crippen LogP contribution in [-0.2, 0) is 33.4 Å². The van der Waals surface area contributed by atoms with E-state index >= 15 is 0 Å². The summed E-state index contributed by atoms with van der Waals surface area (Å²) in [6.45, 7) is 16.5. The molecule has 4 atom stereocenters. The number of carbonyl (C=O) groups excluding carboxylic acids is 4. The van der Waals surface area contributed by atoms with E-state index in [4.69, 9.17) is 14.2 Å². The van der Waals surface area contributed by atoms with E-state index in [0.29, 0.717) is 19.4 Å². The number of hydrogen-bond donors (Lipinski definition) is 1. The van der Waals surface area contributed by atoms with Gasteiger partial charge in [-0.25, -0.2) is 4.79 Å². The number of piperazine rings is 1. The van der Waals surface area contributed by atoms with Gasteiger partial charge < -0.3 is 24.4 Å². The molecule has 2 aliphatic heterocycles. The molecule has 0 saturated carbocycles. The Hall–Kier alpha value is -2.16. The lowest BCUT2D eigenvalue weighted by Crippen LogP contribution is -2.62. The third-order valence-corrected chi connectivity index (χ3v) is 5.45. The highest BCUT2D eigenvalue weighted by Crippen LogP contribution is 2.37. The van der Waals surface area contributed by atoms with Crippen LogP contribution in [0.4, 0.5) is 0 Å². The quantitative estimate of drug-likeness (QED) is 0.454. The molecule has 2 aliphatic rings. The number of esters is 3. The monoisotopic (exact) mass is 482 g/mol. The Morgan fingerprint density at radius 3 is 1.94 bits per heavy atom. The molecule has 0 spiro atoms. The predicted molar refractivity (Wildman–Crippen MR) is 126 cm³/mol. The highest BCUT2D eigenvalue weighted by atomic mass is 16.6. The molecule has 0 radical (unpaired) electrons. The molecule has 2 heterocycles. The average Bonchev–Trinajstić information content (AvgIpc) is 2.97. The van der Waals surface area contributed by atoms with E-state index in [1.807, 2.05) is 0 Å². The first-order valence-electron chi connectivity index (χ1n) is 12.1. The largest absolute Gasteiger partial charge is 0.460 e. The maximum absolute atomic E-state index is 13.4. The number of carbonyl (C=O) groups is 4. The molecule has 0 bridgehead atoms. The van der Waals surface area contributed by atoms with Crippen LogP contribution in [0.25, 0.3) is 0 Å². The molecule has 1 N–H and O–H groups in total. The number of fused-ring (bicyclic) bond motifs is 1. The molecule has 0 aromatic heterocycles. The summed E-state index contributed by atoms with van der Waals surface area (Å²) in [6.07, 6.45) is 0.980. The van der Waals surface area contributed by atoms with Gasteiger partial charge in [0, 0.05) is 19.0 Å². The van der Waals surface area contributed by atoms with E-state index < -0.39 is 40.8 Å². The van der Waals surface area contributed by atoms with Gasteiger partial charge in [-0.3, -0.25) is 14.4 Å². The van der Waals surface area contributed by atoms with E-state index in [1.54, 1.807) is 67.2 Å². The Morgan fingerprint density at radius 2 is 1.41 bits per heavy atom. The summed E-state index contributed by atoms with van der Waals surface area (Å²) >= 11 is 0. The first-order valence-corrected chi connectivity index (χ1v) is 12.1. The molecular weight excluding hydrogens is 440 g/mol. The maximum Gasteiger partial charge on any atom is 0.329 e. The smallest absolute Gasteiger partial charge is 0.329 e. The van der Waals surface area contributed by atoms with E-state index in [-0.39, 0.29) is 36.7 Å². The van der Waals surface area contributed by atoms with E-state index in [0.717, 1.165) is 0 Å². The summed E-state index contributed by atoms with van der Waals surface area (Å²) < 4.78 is 16.4. The van der Waals surface area contributed by atoms with Gasteiger partial charge in [-0.2, -0.15) is 0 Å². The molecule has 9 nitrogen and oxygen atoms in total. The van der Waals surface area contributed by atoms with Crippen molar-refractivity contribution < 1.29 is 33.4 Å². The van der Waals surface area contributed by atoms with Crippen molar-refractivity contribution in [3.63, 3.8) is 0 Å². The molecule has 2 fully saturated rings. The van der Waals surface area contributed by atoms with Gasteiger partial charge in [-0.1, -0.05) is 0 Å². The highest BCUT2D eigenvalue weighted by Gasteiger charge is 2.52. The van der Waals surface area contributed by atoms with Crippen molar-refractivity contribution >= 4 is 23.8 Å². The van der Waals surface area contributed by atoms with Gasteiger partial charge in [-0.05, 0) is 81.1 Å². The Balaban J connectivity index is 2.19. The van der Waals surface area contributed by atoms with Gasteiger partial charge in [0.05, 0.1) is 12.5 Å². The zero-order valence-electron chi connectivity index (χ0n) is 22.1. The summed E-state index contributed by atoms with van der Waals surface area (Å²) in [4.78, 5) is 52.9. The molecule has 194 valence electrons. The van der Waals surface area contributed by atoms with Gasteiger partial charge in [0.1, 0.15) is 22.8 Å². The molecular formula is C25H42N2O7. The van der Waals surface area contributed by atoms with Crippen LogP contribution in [0.5, 0.6) is 0 Å². The molecule has 1 amide bonds. The number of rotatable bonds is 6. The summed E-state index contributed by atoms with van der Waals surface area (Å²) in [7, 11) is 0. The molecule has 2 saturated heterocycles. The minimum atomic E-state index is -0.817. The first-order chi connectivity index (χ1) is 15.4. The van der Waals surface area contributed by atoms with E-state index in [9.17, 15) is 19.2 Å². The Labute approximate surface area is 203 Å². The van der Waals surface area contributed by atoms with Crippen molar-refractivity contribution in [2.24, 2.45) is 5.92 Å². The lowest BCUT2D eigenvalue weighted by Gasteiger charge is -2.39. The fourth-order valence-corrected chi connectivity index (χ4v) is 4.44. The zero-order chi connectivity index (χ0) is 26.1. The third-order valence-electron chi connectivity index (χ3n) is 5.45. The second-order valence-corrected chi connectivity index (χ2v) is 12.2. The van der Waals surface area contributed by atoms with Crippen LogP contribution >= 0.6 is 0 Å². The van der Waals surface area contributed by atoms with Crippen LogP contribution < -0.4 is 5.32 Å². The number of nitrogens with zero attached hydrogens (tertiary/aromatic N) is 1. The standard InChI is InChI=1S/C25H42N2O7/c1-23(2,3)32-18(28)11-10-15-12-16-14-26-17(13-19(29)33-24(4,5)6)21(30)27(16)20(15)22(31)34-25(7,8)9/h15-17,20,26H,10-14H2,1-9H3/t15-,16-,17-,20-/m0/s1. The summed E-state index contributed by atoms with van der Waals surface area (Å²) in [5.41, 5.74) is -1.97. The maximum atomic E-state index is 13.4. The van der Waals surface area contributed by atoms with Crippen molar-refractivity contribution in [2.45, 2.75) is 123 Å². The lowest BCUT2D eigenvalue weighted by molar-refractivity contribution is -0.168. The van der Waals surface area contributed by atoms with Crippen LogP contribution in [-0.4, -0.2) is 70.2 Å². The normalized spacial score (nSPS) is 25.6. The average molecular weight is 483 g/mol. The number of amides is 1. The van der Waals surface area contributed by atoms with Gasteiger partial charge in [0.25, 0.3) is 0 Å². The van der Waals surface area contributed by atoms with Crippen LogP contribution in [0.3, 0.4) is 0 Å². The van der Waals surface area contributed by atoms with Crippen LogP contribution in [0.2, 0.25) is 0 Å². The SMILES string of the molecule is CC(C)(C)OC(=O)CC[C@H]1C[C@H]2CN[C@@H](CC(=O)OC(C)(C)C)C(=O)N2[C@@H]1C(=O)OC(C)(C)C. The number of hydrogen-bond acceptors (Lipinski definition) is 8.